The van der Waals surface area contributed by atoms with Crippen LogP contribution < -0.4 is 0 Å². The van der Waals surface area contributed by atoms with Crippen LogP contribution in [0.15, 0.2) is 11.6 Å². The van der Waals surface area contributed by atoms with E-state index in [1.165, 1.54) is 5.57 Å². The molecule has 5 heteroatoms. The molecular formula is C32H50O5. The minimum absolute atomic E-state index is 0.0106. The van der Waals surface area contributed by atoms with Crippen molar-refractivity contribution in [2.75, 3.05) is 6.61 Å². The van der Waals surface area contributed by atoms with E-state index in [1.54, 1.807) is 0 Å². The number of esters is 1. The van der Waals surface area contributed by atoms with Crippen LogP contribution in [0.2, 0.25) is 0 Å². The second-order valence-corrected chi connectivity index (χ2v) is 15.1. The standard InChI is InChI=1S/C32H50O5/c1-19-10-15-32(27(36)37-18-25(34)35)17-16-30(6)21(26(32)20(19)2)8-9-23-29(5)13-12-24(33)28(3,4)22(29)11-14-31(23,30)7/h8,19-20,22-24,26,33H,9-18H2,1-7H3,(H,34,35). The van der Waals surface area contributed by atoms with Crippen LogP contribution in [0.25, 0.3) is 0 Å². The van der Waals surface area contributed by atoms with E-state index in [4.69, 9.17) is 4.74 Å². The molecule has 37 heavy (non-hydrogen) atoms. The van der Waals surface area contributed by atoms with Crippen molar-refractivity contribution >= 4 is 11.9 Å². The number of carbonyl (C=O) groups excluding carboxylic acids is 1. The fourth-order valence-corrected chi connectivity index (χ4v) is 11.1. The highest BCUT2D eigenvalue weighted by atomic mass is 16.6. The third-order valence-electron chi connectivity index (χ3n) is 13.7. The minimum Gasteiger partial charge on any atom is -0.479 e. The smallest absolute Gasteiger partial charge is 0.341 e. The van der Waals surface area contributed by atoms with Crippen molar-refractivity contribution in [3.8, 4) is 0 Å². The highest BCUT2D eigenvalue weighted by Crippen LogP contribution is 2.75. The molecule has 208 valence electrons. The largest absolute Gasteiger partial charge is 0.479 e. The number of aliphatic carboxylic acids is 1. The summed E-state index contributed by atoms with van der Waals surface area (Å²) in [5.74, 6) is 0.694. The summed E-state index contributed by atoms with van der Waals surface area (Å²) in [4.78, 5) is 24.9. The summed E-state index contributed by atoms with van der Waals surface area (Å²) in [6.07, 6.45) is 11.2. The van der Waals surface area contributed by atoms with Crippen molar-refractivity contribution in [3.05, 3.63) is 11.6 Å². The molecule has 5 aliphatic carbocycles. The van der Waals surface area contributed by atoms with E-state index in [0.29, 0.717) is 23.7 Å². The molecule has 4 saturated carbocycles. The van der Waals surface area contributed by atoms with E-state index in [2.05, 4.69) is 54.5 Å². The molecule has 0 aromatic carbocycles. The van der Waals surface area contributed by atoms with Gasteiger partial charge in [-0.05, 0) is 109 Å². The Morgan fingerprint density at radius 2 is 1.65 bits per heavy atom. The molecule has 4 fully saturated rings. The molecule has 0 aromatic heterocycles. The fourth-order valence-electron chi connectivity index (χ4n) is 11.1. The molecule has 0 radical (unpaired) electrons. The maximum absolute atomic E-state index is 13.7. The number of ether oxygens (including phenoxy) is 1. The maximum atomic E-state index is 13.7. The molecule has 10 atom stereocenters. The summed E-state index contributed by atoms with van der Waals surface area (Å²) in [5.41, 5.74) is 1.15. The van der Waals surface area contributed by atoms with Crippen LogP contribution in [-0.4, -0.2) is 34.9 Å². The van der Waals surface area contributed by atoms with Gasteiger partial charge in [0.25, 0.3) is 0 Å². The van der Waals surface area contributed by atoms with Gasteiger partial charge in [0, 0.05) is 0 Å². The molecule has 10 unspecified atom stereocenters. The normalized spacial score (nSPS) is 50.4. The molecule has 0 spiro atoms. The lowest BCUT2D eigenvalue weighted by molar-refractivity contribution is -0.207. The summed E-state index contributed by atoms with van der Waals surface area (Å²) in [5, 5.41) is 20.1. The zero-order valence-electron chi connectivity index (χ0n) is 24.2. The first kappa shape index (κ1) is 27.2. The van der Waals surface area contributed by atoms with Crippen LogP contribution >= 0.6 is 0 Å². The Morgan fingerprint density at radius 1 is 0.946 bits per heavy atom. The molecule has 0 aliphatic heterocycles. The second kappa shape index (κ2) is 8.57. The molecule has 0 bridgehead atoms. The van der Waals surface area contributed by atoms with Crippen LogP contribution in [-0.2, 0) is 14.3 Å². The van der Waals surface area contributed by atoms with Gasteiger partial charge >= 0.3 is 11.9 Å². The molecule has 0 saturated heterocycles. The quantitative estimate of drug-likeness (QED) is 0.326. The van der Waals surface area contributed by atoms with Crippen LogP contribution in [0.3, 0.4) is 0 Å². The molecule has 2 N–H and O–H groups in total. The van der Waals surface area contributed by atoms with Crippen molar-refractivity contribution in [2.24, 2.45) is 56.7 Å². The van der Waals surface area contributed by atoms with Gasteiger partial charge in [-0.3, -0.25) is 4.79 Å². The Morgan fingerprint density at radius 3 is 2.32 bits per heavy atom. The van der Waals surface area contributed by atoms with E-state index in [0.717, 1.165) is 57.8 Å². The van der Waals surface area contributed by atoms with E-state index in [1.807, 2.05) is 0 Å². The zero-order chi connectivity index (χ0) is 27.2. The molecule has 0 heterocycles. The number of aliphatic hydroxyl groups is 1. The first-order valence-electron chi connectivity index (χ1n) is 14.9. The molecule has 0 aromatic rings. The van der Waals surface area contributed by atoms with Gasteiger partial charge < -0.3 is 14.9 Å². The molecule has 5 aliphatic rings. The highest BCUT2D eigenvalue weighted by Gasteiger charge is 2.69. The summed E-state index contributed by atoms with van der Waals surface area (Å²) in [6.45, 7) is 16.2. The lowest BCUT2D eigenvalue weighted by Crippen LogP contribution is -2.65. The molecule has 5 rings (SSSR count). The number of hydrogen-bond donors (Lipinski definition) is 2. The Balaban J connectivity index is 1.57. The van der Waals surface area contributed by atoms with Crippen molar-refractivity contribution in [3.63, 3.8) is 0 Å². The minimum atomic E-state index is -1.09. The van der Waals surface area contributed by atoms with Crippen molar-refractivity contribution in [1.29, 1.82) is 0 Å². The van der Waals surface area contributed by atoms with Gasteiger partial charge in [0.05, 0.1) is 11.5 Å². The number of rotatable bonds is 3. The van der Waals surface area contributed by atoms with E-state index >= 15 is 0 Å². The first-order valence-corrected chi connectivity index (χ1v) is 14.9. The predicted octanol–water partition coefficient (Wildman–Crippen LogP) is 6.63. The monoisotopic (exact) mass is 514 g/mol. The average molecular weight is 515 g/mol. The van der Waals surface area contributed by atoms with Gasteiger partial charge in [-0.2, -0.15) is 0 Å². The average Bonchev–Trinajstić information content (AvgIpc) is 2.83. The van der Waals surface area contributed by atoms with Crippen LogP contribution in [0.1, 0.15) is 106 Å². The van der Waals surface area contributed by atoms with Crippen LogP contribution in [0, 0.1) is 56.7 Å². The summed E-state index contributed by atoms with van der Waals surface area (Å²) >= 11 is 0. The van der Waals surface area contributed by atoms with Crippen molar-refractivity contribution in [2.45, 2.75) is 112 Å². The first-order chi connectivity index (χ1) is 17.1. The Hall–Kier alpha value is -1.36. The van der Waals surface area contributed by atoms with Gasteiger partial charge in [-0.15, -0.1) is 0 Å². The number of aliphatic hydroxyl groups excluding tert-OH is 1. The highest BCUT2D eigenvalue weighted by molar-refractivity contribution is 5.81. The van der Waals surface area contributed by atoms with Gasteiger partial charge in [-0.25, -0.2) is 4.79 Å². The number of fused-ring (bicyclic) bond motifs is 7. The van der Waals surface area contributed by atoms with Gasteiger partial charge in [0.15, 0.2) is 6.61 Å². The van der Waals surface area contributed by atoms with Gasteiger partial charge in [0.2, 0.25) is 0 Å². The number of carboxylic acids is 1. The molecule has 0 amide bonds. The number of carboxylic acid groups (broad SMARTS) is 1. The third kappa shape index (κ3) is 3.50. The third-order valence-corrected chi connectivity index (χ3v) is 13.7. The van der Waals surface area contributed by atoms with Crippen LogP contribution in [0.4, 0.5) is 0 Å². The second-order valence-electron chi connectivity index (χ2n) is 15.1. The van der Waals surface area contributed by atoms with E-state index in [-0.39, 0.29) is 39.7 Å². The fraction of sp³-hybridized carbons (Fsp3) is 0.875. The van der Waals surface area contributed by atoms with Crippen molar-refractivity contribution < 1.29 is 24.5 Å². The number of carbonyl (C=O) groups is 2. The lowest BCUT2D eigenvalue weighted by Gasteiger charge is -2.71. The molecule has 5 nitrogen and oxygen atoms in total. The number of allylic oxidation sites excluding steroid dienone is 2. The topological polar surface area (TPSA) is 83.8 Å². The van der Waals surface area contributed by atoms with E-state index < -0.39 is 18.0 Å². The zero-order valence-corrected chi connectivity index (χ0v) is 24.2. The van der Waals surface area contributed by atoms with Crippen LogP contribution in [0.5, 0.6) is 0 Å². The lowest BCUT2D eigenvalue weighted by atomic mass is 9.33. The Bertz CT molecular complexity index is 999. The Labute approximate surface area is 223 Å². The summed E-state index contributed by atoms with van der Waals surface area (Å²) in [6, 6.07) is 0. The van der Waals surface area contributed by atoms with E-state index in [9.17, 15) is 19.8 Å². The summed E-state index contributed by atoms with van der Waals surface area (Å²) < 4.78 is 5.46. The Kier molecular flexibility index (Phi) is 6.30. The summed E-state index contributed by atoms with van der Waals surface area (Å²) in [7, 11) is 0. The maximum Gasteiger partial charge on any atom is 0.341 e. The van der Waals surface area contributed by atoms with Crippen molar-refractivity contribution in [1.82, 2.24) is 0 Å². The van der Waals surface area contributed by atoms with Gasteiger partial charge in [0.1, 0.15) is 0 Å². The SMILES string of the molecule is CC1CCC2(C(=O)OCC(=O)O)CCC3(C)C(=CCC4C5(C)CCC(O)C(C)(C)C5CCC43C)C2C1C. The number of hydrogen-bond acceptors (Lipinski definition) is 4. The molecular weight excluding hydrogens is 464 g/mol. The predicted molar refractivity (Wildman–Crippen MR) is 144 cm³/mol. The van der Waals surface area contributed by atoms with Gasteiger partial charge in [-0.1, -0.05) is 60.1 Å².